The Morgan fingerprint density at radius 1 is 1.35 bits per heavy atom. The van der Waals surface area contributed by atoms with E-state index < -0.39 is 0 Å². The van der Waals surface area contributed by atoms with Crippen LogP contribution in [0.5, 0.6) is 5.75 Å². The van der Waals surface area contributed by atoms with E-state index in [1.54, 1.807) is 17.9 Å². The first-order valence-corrected chi connectivity index (χ1v) is 5.31. The third kappa shape index (κ3) is 1.93. The van der Waals surface area contributed by atoms with Crippen LogP contribution in [0, 0.1) is 0 Å². The lowest BCUT2D eigenvalue weighted by Gasteiger charge is -2.08. The summed E-state index contributed by atoms with van der Waals surface area (Å²) in [7, 11) is 3.44. The van der Waals surface area contributed by atoms with Gasteiger partial charge < -0.3 is 9.30 Å². The molecular weight excluding hydrogens is 216 g/mol. The van der Waals surface area contributed by atoms with Crippen LogP contribution in [0.2, 0.25) is 0 Å². The van der Waals surface area contributed by atoms with Gasteiger partial charge in [-0.2, -0.15) is 0 Å². The Morgan fingerprint density at radius 3 is 2.65 bits per heavy atom. The number of aromatic nitrogens is 2. The summed E-state index contributed by atoms with van der Waals surface area (Å²) >= 11 is 0. The number of hydrogen-bond acceptors (Lipinski definition) is 3. The highest BCUT2D eigenvalue weighted by Crippen LogP contribution is 2.28. The van der Waals surface area contributed by atoms with Gasteiger partial charge in [-0.15, -0.1) is 0 Å². The SMILES string of the molecule is COc1ccccc1-c1ncc(C(C)=O)n1C. The minimum atomic E-state index is 0.00106. The van der Waals surface area contributed by atoms with Crippen LogP contribution in [0.1, 0.15) is 17.4 Å². The second kappa shape index (κ2) is 4.41. The summed E-state index contributed by atoms with van der Waals surface area (Å²) in [6.45, 7) is 1.53. The average Bonchev–Trinajstić information content (AvgIpc) is 2.71. The van der Waals surface area contributed by atoms with Crippen LogP contribution in [-0.4, -0.2) is 22.4 Å². The summed E-state index contributed by atoms with van der Waals surface area (Å²) in [5, 5.41) is 0. The number of methoxy groups -OCH3 is 1. The van der Waals surface area contributed by atoms with Crippen LogP contribution in [0.3, 0.4) is 0 Å². The van der Waals surface area contributed by atoms with E-state index in [4.69, 9.17) is 4.74 Å². The summed E-state index contributed by atoms with van der Waals surface area (Å²) < 4.78 is 7.06. The molecule has 88 valence electrons. The molecule has 0 aliphatic rings. The number of nitrogens with zero attached hydrogens (tertiary/aromatic N) is 2. The maximum absolute atomic E-state index is 11.4. The second-order valence-corrected chi connectivity index (χ2v) is 3.78. The van der Waals surface area contributed by atoms with E-state index in [0.29, 0.717) is 5.69 Å². The number of carbonyl (C=O) groups excluding carboxylic acids is 1. The third-order valence-electron chi connectivity index (χ3n) is 2.70. The summed E-state index contributed by atoms with van der Waals surface area (Å²) in [5.74, 6) is 1.48. The average molecular weight is 230 g/mol. The molecule has 0 N–H and O–H groups in total. The first-order chi connectivity index (χ1) is 8.15. The van der Waals surface area contributed by atoms with Crippen molar-refractivity contribution in [3.05, 3.63) is 36.2 Å². The van der Waals surface area contributed by atoms with Gasteiger partial charge in [0.25, 0.3) is 0 Å². The number of benzene rings is 1. The van der Waals surface area contributed by atoms with E-state index in [1.165, 1.54) is 6.92 Å². The number of rotatable bonds is 3. The van der Waals surface area contributed by atoms with Crippen LogP contribution in [0.15, 0.2) is 30.5 Å². The monoisotopic (exact) mass is 230 g/mol. The highest BCUT2D eigenvalue weighted by Gasteiger charge is 2.14. The summed E-state index contributed by atoms with van der Waals surface area (Å²) in [6, 6.07) is 7.61. The Morgan fingerprint density at radius 2 is 2.06 bits per heavy atom. The molecule has 0 atom stereocenters. The van der Waals surface area contributed by atoms with Crippen LogP contribution < -0.4 is 4.74 Å². The van der Waals surface area contributed by atoms with Crippen LogP contribution in [-0.2, 0) is 7.05 Å². The highest BCUT2D eigenvalue weighted by molar-refractivity contribution is 5.93. The fourth-order valence-electron chi connectivity index (χ4n) is 1.82. The second-order valence-electron chi connectivity index (χ2n) is 3.78. The normalized spacial score (nSPS) is 10.3. The Balaban J connectivity index is 2.57. The molecule has 1 aromatic carbocycles. The zero-order valence-corrected chi connectivity index (χ0v) is 10.1. The van der Waals surface area contributed by atoms with Crippen molar-refractivity contribution in [3.8, 4) is 17.1 Å². The van der Waals surface area contributed by atoms with Crippen molar-refractivity contribution in [2.45, 2.75) is 6.92 Å². The number of Topliss-reactive ketones (excluding diaryl/α,β-unsaturated/α-hetero) is 1. The Hall–Kier alpha value is -2.10. The molecule has 0 spiro atoms. The molecule has 4 heteroatoms. The van der Waals surface area contributed by atoms with Crippen LogP contribution >= 0.6 is 0 Å². The zero-order chi connectivity index (χ0) is 12.4. The lowest BCUT2D eigenvalue weighted by molar-refractivity contribution is 0.101. The third-order valence-corrected chi connectivity index (χ3v) is 2.70. The highest BCUT2D eigenvalue weighted by atomic mass is 16.5. The summed E-state index contributed by atoms with van der Waals surface area (Å²) in [6.07, 6.45) is 1.59. The van der Waals surface area contributed by atoms with E-state index in [2.05, 4.69) is 4.98 Å². The number of carbonyl (C=O) groups is 1. The number of ketones is 1. The van der Waals surface area contributed by atoms with Gasteiger partial charge in [0.05, 0.1) is 18.9 Å². The Labute approximate surface area is 99.9 Å². The molecule has 0 aliphatic carbocycles. The van der Waals surface area contributed by atoms with Crippen molar-refractivity contribution in [3.63, 3.8) is 0 Å². The van der Waals surface area contributed by atoms with E-state index in [9.17, 15) is 4.79 Å². The lowest BCUT2D eigenvalue weighted by atomic mass is 10.2. The molecule has 0 bridgehead atoms. The number of para-hydroxylation sites is 1. The quantitative estimate of drug-likeness (QED) is 0.760. The van der Waals surface area contributed by atoms with E-state index in [-0.39, 0.29) is 5.78 Å². The minimum Gasteiger partial charge on any atom is -0.496 e. The topological polar surface area (TPSA) is 44.1 Å². The maximum Gasteiger partial charge on any atom is 0.177 e. The van der Waals surface area contributed by atoms with E-state index in [1.807, 2.05) is 31.3 Å². The van der Waals surface area contributed by atoms with Crippen LogP contribution in [0.4, 0.5) is 0 Å². The predicted molar refractivity (Wildman–Crippen MR) is 65.2 cm³/mol. The largest absolute Gasteiger partial charge is 0.496 e. The first kappa shape index (κ1) is 11.4. The van der Waals surface area contributed by atoms with Gasteiger partial charge in [0.1, 0.15) is 17.3 Å². The van der Waals surface area contributed by atoms with E-state index >= 15 is 0 Å². The van der Waals surface area contributed by atoms with E-state index in [0.717, 1.165) is 17.1 Å². The number of imidazole rings is 1. The van der Waals surface area contributed by atoms with Gasteiger partial charge in [0, 0.05) is 14.0 Å². The molecule has 0 saturated heterocycles. The minimum absolute atomic E-state index is 0.00106. The molecule has 0 amide bonds. The molecule has 0 aliphatic heterocycles. The smallest absolute Gasteiger partial charge is 0.177 e. The van der Waals surface area contributed by atoms with Crippen molar-refractivity contribution >= 4 is 5.78 Å². The van der Waals surface area contributed by atoms with Gasteiger partial charge in [-0.05, 0) is 12.1 Å². The summed E-state index contributed by atoms with van der Waals surface area (Å²) in [5.41, 5.74) is 1.47. The Kier molecular flexibility index (Phi) is 2.95. The molecule has 0 radical (unpaired) electrons. The van der Waals surface area contributed by atoms with Crippen molar-refractivity contribution in [2.75, 3.05) is 7.11 Å². The van der Waals surface area contributed by atoms with Crippen molar-refractivity contribution < 1.29 is 9.53 Å². The molecule has 2 rings (SSSR count). The predicted octanol–water partition coefficient (Wildman–Crippen LogP) is 2.30. The zero-order valence-electron chi connectivity index (χ0n) is 10.1. The van der Waals surface area contributed by atoms with Crippen molar-refractivity contribution in [1.82, 2.24) is 9.55 Å². The molecule has 17 heavy (non-hydrogen) atoms. The fraction of sp³-hybridized carbons (Fsp3) is 0.231. The molecule has 0 unspecified atom stereocenters. The number of ether oxygens (including phenoxy) is 1. The lowest BCUT2D eigenvalue weighted by Crippen LogP contribution is -2.03. The maximum atomic E-state index is 11.4. The van der Waals surface area contributed by atoms with Gasteiger partial charge >= 0.3 is 0 Å². The van der Waals surface area contributed by atoms with Gasteiger partial charge in [-0.1, -0.05) is 12.1 Å². The standard InChI is InChI=1S/C13H14N2O2/c1-9(16)11-8-14-13(15(11)2)10-6-4-5-7-12(10)17-3/h4-8H,1-3H3. The molecular formula is C13H14N2O2. The van der Waals surface area contributed by atoms with Crippen molar-refractivity contribution in [2.24, 2.45) is 7.05 Å². The van der Waals surface area contributed by atoms with Gasteiger partial charge in [-0.3, -0.25) is 4.79 Å². The van der Waals surface area contributed by atoms with Gasteiger partial charge in [-0.25, -0.2) is 4.98 Å². The first-order valence-electron chi connectivity index (χ1n) is 5.31. The van der Waals surface area contributed by atoms with Crippen LogP contribution in [0.25, 0.3) is 11.4 Å². The molecule has 4 nitrogen and oxygen atoms in total. The summed E-state index contributed by atoms with van der Waals surface area (Å²) in [4.78, 5) is 15.7. The molecule has 1 aromatic heterocycles. The molecule has 1 heterocycles. The molecule has 0 saturated carbocycles. The number of hydrogen-bond donors (Lipinski definition) is 0. The molecule has 2 aromatic rings. The van der Waals surface area contributed by atoms with Gasteiger partial charge in [0.15, 0.2) is 5.78 Å². The van der Waals surface area contributed by atoms with Crippen molar-refractivity contribution in [1.29, 1.82) is 0 Å². The Bertz CT molecular complexity index is 558. The van der Waals surface area contributed by atoms with Gasteiger partial charge in [0.2, 0.25) is 0 Å². The fourth-order valence-corrected chi connectivity index (χ4v) is 1.82. The molecule has 0 fully saturated rings.